The van der Waals surface area contributed by atoms with Crippen molar-refractivity contribution in [2.75, 3.05) is 14.1 Å². The van der Waals surface area contributed by atoms with Gasteiger partial charge in [0.1, 0.15) is 16.7 Å². The molecule has 0 bridgehead atoms. The Morgan fingerprint density at radius 3 is 2.11 bits per heavy atom. The Bertz CT molecular complexity index is 1750. The molecule has 1 aromatic carbocycles. The number of nitrogens with one attached hydrogen (secondary N) is 4. The van der Waals surface area contributed by atoms with Crippen molar-refractivity contribution in [2.45, 2.75) is 129 Å². The van der Waals surface area contributed by atoms with E-state index in [0.29, 0.717) is 30.7 Å². The quantitative estimate of drug-likeness (QED) is 0.124. The van der Waals surface area contributed by atoms with Crippen molar-refractivity contribution >= 4 is 51.0 Å². The summed E-state index contributed by atoms with van der Waals surface area (Å²) in [6, 6.07) is 7.19. The molecule has 1 aromatic heterocycles. The van der Waals surface area contributed by atoms with Crippen LogP contribution in [0.1, 0.15) is 115 Å². The van der Waals surface area contributed by atoms with Gasteiger partial charge in [-0.05, 0) is 56.0 Å². The largest absolute Gasteiger partial charge is 0.455 e. The summed E-state index contributed by atoms with van der Waals surface area (Å²) < 4.78 is 32.8. The normalized spacial score (nSPS) is 16.9. The minimum Gasteiger partial charge on any atom is -0.455 e. The molecule has 1 aliphatic carbocycles. The number of esters is 1. The highest BCUT2D eigenvalue weighted by Crippen LogP contribution is 2.31. The number of benzene rings is 1. The molecule has 0 aliphatic heterocycles. The first-order chi connectivity index (χ1) is 26.3. The Morgan fingerprint density at radius 1 is 0.929 bits per heavy atom. The number of amides is 4. The summed E-state index contributed by atoms with van der Waals surface area (Å²) in [6.45, 7) is 14.6. The van der Waals surface area contributed by atoms with Crippen molar-refractivity contribution in [2.24, 2.45) is 23.7 Å². The molecule has 1 aliphatic rings. The number of aromatic nitrogens is 1. The van der Waals surface area contributed by atoms with Crippen LogP contribution in [-0.4, -0.2) is 91.4 Å². The van der Waals surface area contributed by atoms with Crippen LogP contribution in [0.2, 0.25) is 0 Å². The molecule has 4 N–H and O–H groups in total. The van der Waals surface area contributed by atoms with Gasteiger partial charge in [-0.2, -0.15) is 0 Å². The molecule has 56 heavy (non-hydrogen) atoms. The van der Waals surface area contributed by atoms with E-state index in [4.69, 9.17) is 4.74 Å². The monoisotopic (exact) mass is 818 g/mol. The molecule has 0 saturated heterocycles. The topological polar surface area (TPSA) is 193 Å². The molecule has 0 spiro atoms. The molecule has 312 valence electrons. The van der Waals surface area contributed by atoms with Crippen LogP contribution in [0.25, 0.3) is 0 Å². The molecular weight excluding hydrogens is 757 g/mol. The second-order valence-electron chi connectivity index (χ2n) is 15.8. The number of hydrogen-bond donors (Lipinski definition) is 4. The molecule has 2 aromatic rings. The number of thiazole rings is 1. The number of likely N-dealkylation sites (N-methyl/N-ethyl adjacent to an activating group) is 2. The van der Waals surface area contributed by atoms with E-state index in [0.717, 1.165) is 16.9 Å². The van der Waals surface area contributed by atoms with Crippen LogP contribution in [0.5, 0.6) is 0 Å². The number of sulfonamides is 1. The lowest BCUT2D eigenvalue weighted by molar-refractivity contribution is -0.149. The van der Waals surface area contributed by atoms with E-state index in [1.165, 1.54) is 6.92 Å². The minimum absolute atomic E-state index is 0.00568. The highest BCUT2D eigenvalue weighted by molar-refractivity contribution is 7.90. The molecule has 4 amide bonds. The SMILES string of the molecule is CC[C@H](C)[C@H](NC(=O)[C@@H](NC)C(C)C)C(=O)N(C)[C@H](C[C@@H](OC(C)=O)c1nc(C(=O)N[C@@H](Cc2ccccc2)C[C@H](C)C(=O)NS(=O)(=O)C2CC2)cs1)C(C)C. The van der Waals surface area contributed by atoms with E-state index >= 15 is 0 Å². The van der Waals surface area contributed by atoms with E-state index < -0.39 is 69.2 Å². The number of carbonyl (C=O) groups excluding carboxylic acids is 5. The first-order valence-corrected chi connectivity index (χ1v) is 22.0. The number of nitrogens with zero attached hydrogens (tertiary/aromatic N) is 2. The second-order valence-corrected chi connectivity index (χ2v) is 18.6. The molecule has 16 heteroatoms. The number of rotatable bonds is 22. The molecule has 1 heterocycles. The molecule has 7 atom stereocenters. The van der Waals surface area contributed by atoms with Gasteiger partial charge in [0.25, 0.3) is 5.91 Å². The third-order valence-corrected chi connectivity index (χ3v) is 13.2. The van der Waals surface area contributed by atoms with Gasteiger partial charge in [-0.1, -0.05) is 85.2 Å². The third kappa shape index (κ3) is 13.4. The lowest BCUT2D eigenvalue weighted by atomic mass is 9.92. The van der Waals surface area contributed by atoms with E-state index in [9.17, 15) is 32.4 Å². The Labute approximate surface area is 336 Å². The predicted molar refractivity (Wildman–Crippen MR) is 217 cm³/mol. The van der Waals surface area contributed by atoms with Crippen LogP contribution in [0, 0.1) is 23.7 Å². The summed E-state index contributed by atoms with van der Waals surface area (Å²) in [5, 5.41) is 10.4. The summed E-state index contributed by atoms with van der Waals surface area (Å²) in [7, 11) is -0.323. The van der Waals surface area contributed by atoms with Gasteiger partial charge < -0.3 is 25.6 Å². The number of carbonyl (C=O) groups is 5. The van der Waals surface area contributed by atoms with Gasteiger partial charge in [0.05, 0.1) is 11.3 Å². The first kappa shape index (κ1) is 46.5. The fraction of sp³-hybridized carbons (Fsp3) is 0.650. The zero-order valence-corrected chi connectivity index (χ0v) is 36.1. The van der Waals surface area contributed by atoms with E-state index in [2.05, 4.69) is 25.7 Å². The maximum atomic E-state index is 14.2. The van der Waals surface area contributed by atoms with Crippen molar-refractivity contribution in [1.29, 1.82) is 0 Å². The first-order valence-electron chi connectivity index (χ1n) is 19.6. The van der Waals surface area contributed by atoms with Crippen LogP contribution in [-0.2, 0) is 40.4 Å². The van der Waals surface area contributed by atoms with Gasteiger partial charge in [0.15, 0.2) is 6.10 Å². The zero-order chi connectivity index (χ0) is 41.9. The van der Waals surface area contributed by atoms with Crippen molar-refractivity contribution in [1.82, 2.24) is 30.6 Å². The Hall–Kier alpha value is -3.89. The minimum atomic E-state index is -3.72. The van der Waals surface area contributed by atoms with Crippen LogP contribution >= 0.6 is 11.3 Å². The summed E-state index contributed by atoms with van der Waals surface area (Å²) in [5.41, 5.74) is 1.00. The molecule has 1 saturated carbocycles. The fourth-order valence-electron chi connectivity index (χ4n) is 6.70. The Kier molecular flexibility index (Phi) is 17.5. The van der Waals surface area contributed by atoms with E-state index in [-0.39, 0.29) is 48.1 Å². The lowest BCUT2D eigenvalue weighted by Crippen LogP contribution is -2.57. The average molecular weight is 819 g/mol. The highest BCUT2D eigenvalue weighted by atomic mass is 32.2. The van der Waals surface area contributed by atoms with Crippen LogP contribution < -0.4 is 20.7 Å². The molecular formula is C40H62N6O8S2. The third-order valence-electron chi connectivity index (χ3n) is 10.4. The van der Waals surface area contributed by atoms with Crippen LogP contribution in [0.15, 0.2) is 35.7 Å². The zero-order valence-electron chi connectivity index (χ0n) is 34.5. The number of hydrogen-bond acceptors (Lipinski definition) is 11. The van der Waals surface area contributed by atoms with Gasteiger partial charge in [-0.25, -0.2) is 13.4 Å². The molecule has 1 fully saturated rings. The predicted octanol–water partition coefficient (Wildman–Crippen LogP) is 4.37. The highest BCUT2D eigenvalue weighted by Gasteiger charge is 2.39. The second kappa shape index (κ2) is 21.0. The van der Waals surface area contributed by atoms with Crippen molar-refractivity contribution in [3.8, 4) is 0 Å². The maximum Gasteiger partial charge on any atom is 0.303 e. The van der Waals surface area contributed by atoms with Gasteiger partial charge >= 0.3 is 5.97 Å². The van der Waals surface area contributed by atoms with Crippen molar-refractivity contribution < 1.29 is 37.1 Å². The Morgan fingerprint density at radius 2 is 1.57 bits per heavy atom. The van der Waals surface area contributed by atoms with Gasteiger partial charge in [-0.3, -0.25) is 28.7 Å². The summed E-state index contributed by atoms with van der Waals surface area (Å²) in [4.78, 5) is 72.7. The standard InChI is InChI=1S/C40H62N6O8S2/c1-11-25(6)35(44-38(50)34(41-9)24(4)5)40(51)46(10)32(23(2)3)21-33(54-27(8)47)39-43-31(22-55-39)37(49)42-29(20-28-15-13-12-14-16-28)19-26(7)36(48)45-56(52,53)30-17-18-30/h12-16,22-26,29-30,32-35,41H,11,17-21H2,1-10H3,(H,42,49)(H,44,50)(H,45,48)/t25-,26-,29+,32+,33+,34-,35-/m0/s1. The smallest absolute Gasteiger partial charge is 0.303 e. The average Bonchev–Trinajstić information content (AvgIpc) is 3.89. The van der Waals surface area contributed by atoms with Gasteiger partial charge in [-0.15, -0.1) is 11.3 Å². The summed E-state index contributed by atoms with van der Waals surface area (Å²) in [6.07, 6.45) is 1.56. The van der Waals surface area contributed by atoms with Crippen LogP contribution in [0.3, 0.4) is 0 Å². The molecule has 0 unspecified atom stereocenters. The maximum absolute atomic E-state index is 14.2. The lowest BCUT2D eigenvalue weighted by Gasteiger charge is -2.37. The molecule has 14 nitrogen and oxygen atoms in total. The molecule has 0 radical (unpaired) electrons. The Balaban J connectivity index is 1.83. The van der Waals surface area contributed by atoms with Crippen molar-refractivity contribution in [3.63, 3.8) is 0 Å². The van der Waals surface area contributed by atoms with Crippen molar-refractivity contribution in [3.05, 3.63) is 52.0 Å². The van der Waals surface area contributed by atoms with Gasteiger partial charge in [0, 0.05) is 43.8 Å². The summed E-state index contributed by atoms with van der Waals surface area (Å²) >= 11 is 1.15. The van der Waals surface area contributed by atoms with E-state index in [1.807, 2.05) is 71.9 Å². The van der Waals surface area contributed by atoms with Crippen LogP contribution in [0.4, 0.5) is 0 Å². The number of ether oxygens (including phenoxy) is 1. The fourth-order valence-corrected chi connectivity index (χ4v) is 8.94. The molecule has 3 rings (SSSR count). The summed E-state index contributed by atoms with van der Waals surface area (Å²) in [5.74, 6) is -3.16. The van der Waals surface area contributed by atoms with Gasteiger partial charge in [0.2, 0.25) is 27.7 Å². The van der Waals surface area contributed by atoms with E-state index in [1.54, 1.807) is 31.3 Å².